The molecule has 3 nitrogen and oxygen atoms in total. The maximum absolute atomic E-state index is 12.6. The molecule has 0 aromatic rings. The Kier molecular flexibility index (Phi) is 20.2. The smallest absolute Gasteiger partial charge is 0.306 e. The van der Waals surface area contributed by atoms with Gasteiger partial charge in [-0.25, -0.2) is 0 Å². The van der Waals surface area contributed by atoms with Gasteiger partial charge in [-0.15, -0.1) is 0 Å². The largest absolute Gasteiger partial charge is 0.462 e. The summed E-state index contributed by atoms with van der Waals surface area (Å²) < 4.78 is 5.95. The average molecular weight is 723 g/mol. The topological polar surface area (TPSA) is 46.5 Å². The highest BCUT2D eigenvalue weighted by Crippen LogP contribution is 2.43. The zero-order valence-electron chi connectivity index (χ0n) is 35.5. The normalized spacial score (nSPS) is 22.2. The molecule has 0 aromatic heterocycles. The van der Waals surface area contributed by atoms with Crippen molar-refractivity contribution < 1.29 is 14.6 Å². The Morgan fingerprint density at radius 2 is 1.08 bits per heavy atom. The van der Waals surface area contributed by atoms with Crippen molar-refractivity contribution in [1.82, 2.24) is 0 Å². The lowest BCUT2D eigenvalue weighted by Crippen LogP contribution is -2.31. The van der Waals surface area contributed by atoms with Gasteiger partial charge in [-0.05, 0) is 89.2 Å². The summed E-state index contributed by atoms with van der Waals surface area (Å²) in [5, 5.41) is 10.1. The van der Waals surface area contributed by atoms with Crippen LogP contribution in [0.5, 0.6) is 0 Å². The van der Waals surface area contributed by atoms with E-state index in [4.69, 9.17) is 4.74 Å². The molecule has 0 fully saturated rings. The van der Waals surface area contributed by atoms with Crippen LogP contribution in [0.4, 0.5) is 0 Å². The first kappa shape index (κ1) is 45.7. The molecule has 1 N–H and O–H groups in total. The number of rotatable bonds is 19. The first-order valence-electron chi connectivity index (χ1n) is 20.4. The molecule has 2 aliphatic rings. The van der Waals surface area contributed by atoms with Crippen molar-refractivity contribution in [3.05, 3.63) is 130 Å². The fourth-order valence-electron chi connectivity index (χ4n) is 7.65. The van der Waals surface area contributed by atoms with Crippen molar-refractivity contribution in [1.29, 1.82) is 0 Å². The van der Waals surface area contributed by atoms with Crippen LogP contribution in [0, 0.1) is 10.8 Å². The fraction of sp³-hybridized carbons (Fsp3) is 0.540. The number of allylic oxidation sites excluding steroid dienone is 20. The minimum atomic E-state index is -0.232. The van der Waals surface area contributed by atoms with Crippen LogP contribution in [0.15, 0.2) is 130 Å². The lowest BCUT2D eigenvalue weighted by Gasteiger charge is -2.37. The molecular formula is C50H74O3. The van der Waals surface area contributed by atoms with Crippen LogP contribution < -0.4 is 0 Å². The first-order chi connectivity index (χ1) is 25.0. The molecule has 0 saturated heterocycles. The van der Waals surface area contributed by atoms with Crippen molar-refractivity contribution in [3.8, 4) is 0 Å². The van der Waals surface area contributed by atoms with Crippen LogP contribution in [0.1, 0.15) is 153 Å². The summed E-state index contributed by atoms with van der Waals surface area (Å²) in [4.78, 5) is 12.6. The van der Waals surface area contributed by atoms with Crippen molar-refractivity contribution >= 4 is 5.97 Å². The standard InChI is InChI=1S/C50H74O3/c1-12-13-14-15-16-17-18-29-48(52)53-45-35-43(7)47(50(10,11)37-45)33-31-41(5)28-22-26-39(3)24-20-19-23-38(2)25-21-27-40(4)30-32-46-42(6)34-44(51)36-49(46,8)9/h19-28,30-33,44-45,51H,12-18,29,34-37H2,1-11H3/b20-19+,25-21+,26-22+,32-30+,33-31+,38-23+,39-24+,40-27+,41-28+/t44-,45-/m1/s1. The molecule has 0 amide bonds. The minimum Gasteiger partial charge on any atom is -0.462 e. The molecule has 0 aliphatic heterocycles. The Morgan fingerprint density at radius 1 is 0.642 bits per heavy atom. The van der Waals surface area contributed by atoms with E-state index in [0.29, 0.717) is 6.42 Å². The minimum absolute atomic E-state index is 0.00184. The summed E-state index contributed by atoms with van der Waals surface area (Å²) >= 11 is 0. The molecular weight excluding hydrogens is 649 g/mol. The Bertz CT molecular complexity index is 1540. The fourth-order valence-corrected chi connectivity index (χ4v) is 7.65. The highest BCUT2D eigenvalue weighted by molar-refractivity contribution is 5.69. The second kappa shape index (κ2) is 23.4. The molecule has 292 valence electrons. The molecule has 3 heteroatoms. The van der Waals surface area contributed by atoms with E-state index in [2.05, 4.69) is 161 Å². The van der Waals surface area contributed by atoms with Crippen LogP contribution in [0.25, 0.3) is 0 Å². The van der Waals surface area contributed by atoms with Gasteiger partial charge in [-0.2, -0.15) is 0 Å². The van der Waals surface area contributed by atoms with Crippen LogP contribution in [-0.4, -0.2) is 23.3 Å². The number of aliphatic hydroxyl groups excluding tert-OH is 1. The number of hydrogen-bond acceptors (Lipinski definition) is 3. The molecule has 0 bridgehead atoms. The van der Waals surface area contributed by atoms with Gasteiger partial charge in [0.15, 0.2) is 0 Å². The van der Waals surface area contributed by atoms with E-state index in [-0.39, 0.29) is 29.0 Å². The lowest BCUT2D eigenvalue weighted by atomic mass is 9.71. The van der Waals surface area contributed by atoms with Gasteiger partial charge >= 0.3 is 5.97 Å². The molecule has 0 unspecified atom stereocenters. The van der Waals surface area contributed by atoms with Crippen LogP contribution in [0.3, 0.4) is 0 Å². The molecule has 0 spiro atoms. The summed E-state index contributed by atoms with van der Waals surface area (Å²) in [6.07, 6.45) is 42.0. The van der Waals surface area contributed by atoms with Crippen molar-refractivity contribution in [2.75, 3.05) is 0 Å². The highest BCUT2D eigenvalue weighted by atomic mass is 16.5. The number of carbonyl (C=O) groups is 1. The molecule has 0 radical (unpaired) electrons. The number of carbonyl (C=O) groups excluding carboxylic acids is 1. The van der Waals surface area contributed by atoms with Gasteiger partial charge in [0.2, 0.25) is 0 Å². The first-order valence-corrected chi connectivity index (χ1v) is 20.4. The van der Waals surface area contributed by atoms with Gasteiger partial charge in [0.25, 0.3) is 0 Å². The quantitative estimate of drug-likeness (QED) is 0.0820. The van der Waals surface area contributed by atoms with E-state index in [1.807, 2.05) is 0 Å². The number of aliphatic hydroxyl groups is 1. The third-order valence-electron chi connectivity index (χ3n) is 10.5. The average Bonchev–Trinajstić information content (AvgIpc) is 3.04. The lowest BCUT2D eigenvalue weighted by molar-refractivity contribution is -0.150. The van der Waals surface area contributed by atoms with Gasteiger partial charge in [-0.1, -0.05) is 192 Å². The van der Waals surface area contributed by atoms with Gasteiger partial charge in [-0.3, -0.25) is 4.79 Å². The van der Waals surface area contributed by atoms with Gasteiger partial charge in [0, 0.05) is 12.8 Å². The molecule has 2 aliphatic carbocycles. The zero-order valence-corrected chi connectivity index (χ0v) is 35.5. The Morgan fingerprint density at radius 3 is 1.57 bits per heavy atom. The number of unbranched alkanes of at least 4 members (excludes halogenated alkanes) is 6. The van der Waals surface area contributed by atoms with E-state index >= 15 is 0 Å². The van der Waals surface area contributed by atoms with Crippen molar-refractivity contribution in [2.24, 2.45) is 10.8 Å². The van der Waals surface area contributed by atoms with Crippen molar-refractivity contribution in [3.63, 3.8) is 0 Å². The SMILES string of the molecule is CCCCCCCCCC(=O)O[C@@H]1CC(C)=C(/C=C/C(C)=C/C=C/C(C)=C/C=C/C=C(C)/C=C/C=C(C)/C=C/C2=C(C)C[C@@H](O)CC2(C)C)C(C)(C)C1. The molecule has 53 heavy (non-hydrogen) atoms. The van der Waals surface area contributed by atoms with E-state index in [0.717, 1.165) is 38.5 Å². The predicted octanol–water partition coefficient (Wildman–Crippen LogP) is 14.2. The van der Waals surface area contributed by atoms with E-state index in [1.165, 1.54) is 76.7 Å². The molecule has 0 aromatic carbocycles. The van der Waals surface area contributed by atoms with Crippen LogP contribution >= 0.6 is 0 Å². The number of ether oxygens (including phenoxy) is 1. The summed E-state index contributed by atoms with van der Waals surface area (Å²) in [5.41, 5.74) is 10.0. The molecule has 0 heterocycles. The summed E-state index contributed by atoms with van der Waals surface area (Å²) in [7, 11) is 0. The molecule has 0 saturated carbocycles. The number of esters is 1. The summed E-state index contributed by atoms with van der Waals surface area (Å²) in [6, 6.07) is 0. The predicted molar refractivity (Wildman–Crippen MR) is 231 cm³/mol. The maximum Gasteiger partial charge on any atom is 0.306 e. The third-order valence-corrected chi connectivity index (χ3v) is 10.5. The van der Waals surface area contributed by atoms with Crippen LogP contribution in [-0.2, 0) is 9.53 Å². The molecule has 2 atom stereocenters. The van der Waals surface area contributed by atoms with Gasteiger partial charge < -0.3 is 9.84 Å². The van der Waals surface area contributed by atoms with E-state index in [9.17, 15) is 9.90 Å². The second-order valence-electron chi connectivity index (χ2n) is 17.0. The highest BCUT2D eigenvalue weighted by Gasteiger charge is 2.34. The zero-order chi connectivity index (χ0) is 39.4. The van der Waals surface area contributed by atoms with Gasteiger partial charge in [0.05, 0.1) is 6.10 Å². The van der Waals surface area contributed by atoms with Crippen molar-refractivity contribution in [2.45, 2.75) is 165 Å². The van der Waals surface area contributed by atoms with Crippen LogP contribution in [0.2, 0.25) is 0 Å². The van der Waals surface area contributed by atoms with E-state index in [1.54, 1.807) is 0 Å². The second-order valence-corrected chi connectivity index (χ2v) is 17.0. The summed E-state index contributed by atoms with van der Waals surface area (Å²) in [6.45, 7) is 24.0. The Balaban J connectivity index is 1.85. The number of hydrogen-bond donors (Lipinski definition) is 1. The Labute approximate surface area is 325 Å². The summed E-state index contributed by atoms with van der Waals surface area (Å²) in [5.74, 6) is -0.0330. The Hall–Kier alpha value is -3.43. The maximum atomic E-state index is 12.6. The van der Waals surface area contributed by atoms with Gasteiger partial charge in [0.1, 0.15) is 6.10 Å². The monoisotopic (exact) mass is 723 g/mol. The van der Waals surface area contributed by atoms with E-state index < -0.39 is 0 Å². The third kappa shape index (κ3) is 18.0. The molecule has 2 rings (SSSR count).